The maximum atomic E-state index is 11.0. The summed E-state index contributed by atoms with van der Waals surface area (Å²) in [5, 5.41) is 9.10. The molecule has 1 unspecified atom stereocenters. The molecule has 1 heterocycles. The third-order valence-electron chi connectivity index (χ3n) is 5.05. The van der Waals surface area contributed by atoms with E-state index in [1.54, 1.807) is 18.7 Å². The molecule has 0 amide bonds. The average molecular weight is 381 g/mol. The molecule has 1 aromatic rings. The lowest BCUT2D eigenvalue weighted by Crippen LogP contribution is -2.13. The summed E-state index contributed by atoms with van der Waals surface area (Å²) < 4.78 is 0. The molecule has 158 valence electrons. The Bertz CT molecular complexity index is 376. The first-order valence-corrected chi connectivity index (χ1v) is 11.4. The largest absolute Gasteiger partial charge is 0.481 e. The molecule has 0 spiro atoms. The van der Waals surface area contributed by atoms with Crippen LogP contribution in [0.1, 0.15) is 117 Å². The van der Waals surface area contributed by atoms with E-state index in [2.05, 4.69) is 23.8 Å². The Morgan fingerprint density at radius 3 is 1.67 bits per heavy atom. The van der Waals surface area contributed by atoms with E-state index in [0.29, 0.717) is 0 Å². The first-order valence-electron chi connectivity index (χ1n) is 11.4. The highest BCUT2D eigenvalue weighted by Gasteiger charge is 2.15. The van der Waals surface area contributed by atoms with Crippen LogP contribution in [0.25, 0.3) is 0 Å². The van der Waals surface area contributed by atoms with Crippen LogP contribution in [0.15, 0.2) is 18.7 Å². The molecule has 4 heteroatoms. The van der Waals surface area contributed by atoms with E-state index in [0.717, 1.165) is 25.7 Å². The van der Waals surface area contributed by atoms with Crippen LogP contribution in [0.2, 0.25) is 0 Å². The summed E-state index contributed by atoms with van der Waals surface area (Å²) in [5.74, 6) is -0.696. The first kappa shape index (κ1) is 25.7. The highest BCUT2D eigenvalue weighted by molar-refractivity contribution is 5.69. The minimum atomic E-state index is -0.596. The number of hydrogen-bond donors (Lipinski definition) is 2. The number of unbranched alkanes of at least 4 members (excludes halogenated alkanes) is 12. The van der Waals surface area contributed by atoms with Gasteiger partial charge in [0, 0.05) is 12.4 Å². The third kappa shape index (κ3) is 19.3. The fourth-order valence-corrected chi connectivity index (χ4v) is 3.36. The Labute approximate surface area is 167 Å². The lowest BCUT2D eigenvalue weighted by Gasteiger charge is -2.10. The van der Waals surface area contributed by atoms with Gasteiger partial charge in [-0.05, 0) is 12.8 Å². The standard InChI is InChI=1S/C20H40O2.C3H4N2/c1-3-5-6-7-8-9-10-11-12-13-14-15-16-18-19(17-4-2)20(21)22;1-2-5-3-4-1/h19H,3-18H2,1-2H3,(H,21,22);1-3H,(H,4,5). The van der Waals surface area contributed by atoms with Crippen molar-refractivity contribution in [1.82, 2.24) is 9.97 Å². The van der Waals surface area contributed by atoms with Crippen LogP contribution in [-0.4, -0.2) is 21.0 Å². The number of aromatic amines is 1. The van der Waals surface area contributed by atoms with Crippen LogP contribution in [0.4, 0.5) is 0 Å². The van der Waals surface area contributed by atoms with Crippen molar-refractivity contribution in [2.45, 2.75) is 117 Å². The van der Waals surface area contributed by atoms with Crippen molar-refractivity contribution >= 4 is 5.97 Å². The number of hydrogen-bond acceptors (Lipinski definition) is 2. The van der Waals surface area contributed by atoms with Crippen molar-refractivity contribution in [3.05, 3.63) is 18.7 Å². The van der Waals surface area contributed by atoms with Crippen molar-refractivity contribution in [1.29, 1.82) is 0 Å². The molecule has 0 radical (unpaired) electrons. The van der Waals surface area contributed by atoms with Crippen molar-refractivity contribution in [3.63, 3.8) is 0 Å². The Morgan fingerprint density at radius 1 is 0.815 bits per heavy atom. The zero-order valence-corrected chi connectivity index (χ0v) is 17.9. The zero-order chi connectivity index (χ0) is 20.0. The van der Waals surface area contributed by atoms with Gasteiger partial charge in [-0.3, -0.25) is 4.79 Å². The van der Waals surface area contributed by atoms with Crippen LogP contribution in [0.5, 0.6) is 0 Å². The van der Waals surface area contributed by atoms with E-state index < -0.39 is 5.97 Å². The second-order valence-corrected chi connectivity index (χ2v) is 7.62. The maximum absolute atomic E-state index is 11.0. The van der Waals surface area contributed by atoms with E-state index in [9.17, 15) is 4.79 Å². The third-order valence-corrected chi connectivity index (χ3v) is 5.05. The summed E-state index contributed by atoms with van der Waals surface area (Å²) in [6, 6.07) is 0. The van der Waals surface area contributed by atoms with Crippen LogP contribution in [0, 0.1) is 5.92 Å². The average Bonchev–Trinajstić information content (AvgIpc) is 3.24. The van der Waals surface area contributed by atoms with Gasteiger partial charge >= 0.3 is 5.97 Å². The van der Waals surface area contributed by atoms with Gasteiger partial charge in [-0.1, -0.05) is 104 Å². The number of H-pyrrole nitrogens is 1. The molecule has 0 saturated heterocycles. The molecule has 0 aliphatic heterocycles. The number of aromatic nitrogens is 2. The molecule has 1 aromatic heterocycles. The van der Waals surface area contributed by atoms with E-state index >= 15 is 0 Å². The van der Waals surface area contributed by atoms with Gasteiger partial charge in [-0.2, -0.15) is 0 Å². The smallest absolute Gasteiger partial charge is 0.306 e. The second-order valence-electron chi connectivity index (χ2n) is 7.62. The number of carbonyl (C=O) groups is 1. The van der Waals surface area contributed by atoms with Gasteiger partial charge < -0.3 is 10.1 Å². The summed E-state index contributed by atoms with van der Waals surface area (Å²) >= 11 is 0. The molecule has 1 rings (SSSR count). The van der Waals surface area contributed by atoms with E-state index in [-0.39, 0.29) is 5.92 Å². The number of aliphatic carboxylic acids is 1. The van der Waals surface area contributed by atoms with Crippen molar-refractivity contribution < 1.29 is 9.90 Å². The van der Waals surface area contributed by atoms with Crippen LogP contribution >= 0.6 is 0 Å². The van der Waals surface area contributed by atoms with Gasteiger partial charge in [-0.25, -0.2) is 4.98 Å². The molecule has 1 atom stereocenters. The van der Waals surface area contributed by atoms with Crippen molar-refractivity contribution in [2.24, 2.45) is 5.92 Å². The van der Waals surface area contributed by atoms with Crippen LogP contribution in [0.3, 0.4) is 0 Å². The quantitative estimate of drug-likeness (QED) is 0.277. The zero-order valence-electron chi connectivity index (χ0n) is 17.9. The van der Waals surface area contributed by atoms with Crippen LogP contribution < -0.4 is 0 Å². The number of nitrogens with zero attached hydrogens (tertiary/aromatic N) is 1. The number of imidazole rings is 1. The predicted octanol–water partition coefficient (Wildman–Crippen LogP) is 7.38. The molecule has 0 aliphatic carbocycles. The van der Waals surface area contributed by atoms with E-state index in [1.807, 2.05) is 0 Å². The molecule has 27 heavy (non-hydrogen) atoms. The van der Waals surface area contributed by atoms with Gasteiger partial charge in [0.25, 0.3) is 0 Å². The van der Waals surface area contributed by atoms with Crippen molar-refractivity contribution in [2.75, 3.05) is 0 Å². The van der Waals surface area contributed by atoms with Crippen LogP contribution in [-0.2, 0) is 4.79 Å². The number of rotatable bonds is 17. The fourth-order valence-electron chi connectivity index (χ4n) is 3.36. The summed E-state index contributed by atoms with van der Waals surface area (Å²) in [7, 11) is 0. The summed E-state index contributed by atoms with van der Waals surface area (Å²) in [5.41, 5.74) is 0. The molecule has 0 aliphatic rings. The molecular formula is C23H44N2O2. The lowest BCUT2D eigenvalue weighted by atomic mass is 9.96. The molecule has 0 bridgehead atoms. The highest BCUT2D eigenvalue weighted by Crippen LogP contribution is 2.17. The lowest BCUT2D eigenvalue weighted by molar-refractivity contribution is -0.142. The van der Waals surface area contributed by atoms with Gasteiger partial charge in [-0.15, -0.1) is 0 Å². The molecule has 0 fully saturated rings. The SMILES string of the molecule is CCCCCCCCCCCCCCCC(CCC)C(=O)O.c1c[nH]cn1. The van der Waals surface area contributed by atoms with Gasteiger partial charge in [0.2, 0.25) is 0 Å². The molecule has 0 saturated carbocycles. The Kier molecular flexibility index (Phi) is 20.0. The summed E-state index contributed by atoms with van der Waals surface area (Å²) in [4.78, 5) is 17.5. The van der Waals surface area contributed by atoms with Gasteiger partial charge in [0.1, 0.15) is 0 Å². The van der Waals surface area contributed by atoms with E-state index in [4.69, 9.17) is 5.11 Å². The monoisotopic (exact) mass is 380 g/mol. The minimum Gasteiger partial charge on any atom is -0.481 e. The van der Waals surface area contributed by atoms with Gasteiger partial charge in [0.05, 0.1) is 12.2 Å². The molecule has 0 aromatic carbocycles. The van der Waals surface area contributed by atoms with Gasteiger partial charge in [0.15, 0.2) is 0 Å². The van der Waals surface area contributed by atoms with Crippen molar-refractivity contribution in [3.8, 4) is 0 Å². The highest BCUT2D eigenvalue weighted by atomic mass is 16.4. The topological polar surface area (TPSA) is 66.0 Å². The molecular weight excluding hydrogens is 336 g/mol. The Balaban J connectivity index is 0.00000115. The van der Waals surface area contributed by atoms with E-state index in [1.165, 1.54) is 77.0 Å². The number of carboxylic acid groups (broad SMARTS) is 1. The predicted molar refractivity (Wildman–Crippen MR) is 115 cm³/mol. The number of carboxylic acids is 1. The normalized spacial score (nSPS) is 11.6. The fraction of sp³-hybridized carbons (Fsp3) is 0.826. The first-order chi connectivity index (χ1) is 13.2. The minimum absolute atomic E-state index is 0.0993. The molecule has 2 N–H and O–H groups in total. The Hall–Kier alpha value is -1.32. The maximum Gasteiger partial charge on any atom is 0.306 e. The molecule has 4 nitrogen and oxygen atoms in total. The summed E-state index contributed by atoms with van der Waals surface area (Å²) in [6.45, 7) is 4.34. The Morgan fingerprint density at radius 2 is 1.33 bits per heavy atom. The summed E-state index contributed by atoms with van der Waals surface area (Å²) in [6.07, 6.45) is 25.3. The number of nitrogens with one attached hydrogen (secondary N) is 1. The second kappa shape index (κ2) is 21.0.